The van der Waals surface area contributed by atoms with Gasteiger partial charge in [-0.1, -0.05) is 19.1 Å². The van der Waals surface area contributed by atoms with E-state index in [1.807, 2.05) is 0 Å². The largest absolute Gasteiger partial charge is 0.311 e. The van der Waals surface area contributed by atoms with Crippen LogP contribution in [0.3, 0.4) is 0 Å². The van der Waals surface area contributed by atoms with E-state index in [0.29, 0.717) is 0 Å². The Morgan fingerprint density at radius 1 is 1.41 bits per heavy atom. The molecule has 5 heteroatoms. The molecule has 1 aromatic heterocycles. The Balaban J connectivity index is 2.10. The van der Waals surface area contributed by atoms with E-state index in [-0.39, 0.29) is 5.41 Å². The van der Waals surface area contributed by atoms with Gasteiger partial charge in [-0.3, -0.25) is 0 Å². The number of aromatic nitrogens is 3. The first-order valence-electron chi connectivity index (χ1n) is 6.25. The lowest BCUT2D eigenvalue weighted by molar-refractivity contribution is 0.200. The molecule has 96 valence electrons. The number of fused-ring (bicyclic) bond motifs is 1. The van der Waals surface area contributed by atoms with Crippen LogP contribution in [0.25, 0.3) is 0 Å². The van der Waals surface area contributed by atoms with Crippen LogP contribution in [0, 0.1) is 5.41 Å². The van der Waals surface area contributed by atoms with Crippen molar-refractivity contribution < 1.29 is 0 Å². The highest BCUT2D eigenvalue weighted by molar-refractivity contribution is 5.13. The van der Waals surface area contributed by atoms with Crippen LogP contribution in [-0.4, -0.2) is 47.1 Å². The van der Waals surface area contributed by atoms with E-state index < -0.39 is 0 Å². The Morgan fingerprint density at radius 2 is 2.18 bits per heavy atom. The van der Waals surface area contributed by atoms with Gasteiger partial charge in [-0.15, -0.1) is 5.10 Å². The van der Waals surface area contributed by atoms with Gasteiger partial charge in [-0.05, 0) is 19.5 Å². The monoisotopic (exact) mass is 237 g/mol. The summed E-state index contributed by atoms with van der Waals surface area (Å²) in [6.45, 7) is 8.45. The smallest absolute Gasteiger partial charge is 0.0997 e. The van der Waals surface area contributed by atoms with Crippen molar-refractivity contribution in [2.45, 2.75) is 33.4 Å². The van der Waals surface area contributed by atoms with E-state index in [2.05, 4.69) is 53.2 Å². The van der Waals surface area contributed by atoms with Crippen LogP contribution in [0.4, 0.5) is 0 Å². The fourth-order valence-corrected chi connectivity index (χ4v) is 2.63. The number of nitrogens with one attached hydrogen (secondary N) is 1. The third-order valence-corrected chi connectivity index (χ3v) is 3.07. The summed E-state index contributed by atoms with van der Waals surface area (Å²) in [7, 11) is 4.23. The molecule has 1 aliphatic heterocycles. The Bertz CT molecular complexity index is 380. The average molecular weight is 237 g/mol. The molecule has 0 saturated carbocycles. The van der Waals surface area contributed by atoms with Gasteiger partial charge in [0.2, 0.25) is 0 Å². The minimum Gasteiger partial charge on any atom is -0.311 e. The summed E-state index contributed by atoms with van der Waals surface area (Å²) < 4.78 is 2.10. The number of nitrogens with zero attached hydrogens (tertiary/aromatic N) is 4. The molecule has 1 aliphatic rings. The van der Waals surface area contributed by atoms with E-state index in [4.69, 9.17) is 0 Å². The van der Waals surface area contributed by atoms with Crippen LogP contribution >= 0.6 is 0 Å². The van der Waals surface area contributed by atoms with E-state index in [0.717, 1.165) is 38.3 Å². The summed E-state index contributed by atoms with van der Waals surface area (Å²) in [5, 5.41) is 11.9. The molecule has 0 radical (unpaired) electrons. The minimum absolute atomic E-state index is 0.218. The second-order valence-electron chi connectivity index (χ2n) is 5.97. The summed E-state index contributed by atoms with van der Waals surface area (Å²) in [6.07, 6.45) is 1.04. The lowest BCUT2D eigenvalue weighted by Crippen LogP contribution is -2.34. The molecule has 0 aliphatic carbocycles. The zero-order chi connectivity index (χ0) is 12.5. The highest BCUT2D eigenvalue weighted by atomic mass is 15.4. The van der Waals surface area contributed by atoms with E-state index in [9.17, 15) is 0 Å². The number of rotatable bonds is 4. The van der Waals surface area contributed by atoms with Gasteiger partial charge in [-0.25, -0.2) is 4.68 Å². The number of hydrogen-bond acceptors (Lipinski definition) is 4. The van der Waals surface area contributed by atoms with Crippen LogP contribution in [0.5, 0.6) is 0 Å². The summed E-state index contributed by atoms with van der Waals surface area (Å²) in [6, 6.07) is 0. The Morgan fingerprint density at radius 3 is 2.88 bits per heavy atom. The molecule has 2 heterocycles. The lowest BCUT2D eigenvalue weighted by atomic mass is 9.93. The molecule has 0 atom stereocenters. The first-order chi connectivity index (χ1) is 7.98. The van der Waals surface area contributed by atoms with Gasteiger partial charge in [0.1, 0.15) is 0 Å². The van der Waals surface area contributed by atoms with Crippen molar-refractivity contribution >= 4 is 0 Å². The van der Waals surface area contributed by atoms with Gasteiger partial charge in [0, 0.05) is 32.6 Å². The highest BCUT2D eigenvalue weighted by Gasteiger charge is 2.24. The van der Waals surface area contributed by atoms with Crippen molar-refractivity contribution in [3.63, 3.8) is 0 Å². The number of hydrogen-bond donors (Lipinski definition) is 1. The van der Waals surface area contributed by atoms with Crippen LogP contribution in [0.1, 0.15) is 25.2 Å². The molecule has 0 bridgehead atoms. The van der Waals surface area contributed by atoms with Gasteiger partial charge >= 0.3 is 0 Å². The standard InChI is InChI=1S/C12H23N5/c1-12(2,8-16(3)4)9-17-11-5-6-13-7-10(11)14-15-17/h13H,5-9H2,1-4H3. The quantitative estimate of drug-likeness (QED) is 0.829. The molecule has 1 aromatic rings. The molecule has 0 spiro atoms. The molecular weight excluding hydrogens is 214 g/mol. The maximum Gasteiger partial charge on any atom is 0.0997 e. The lowest BCUT2D eigenvalue weighted by Gasteiger charge is -2.28. The Labute approximate surface area is 103 Å². The molecule has 5 nitrogen and oxygen atoms in total. The van der Waals surface area contributed by atoms with Crippen molar-refractivity contribution in [3.8, 4) is 0 Å². The molecule has 17 heavy (non-hydrogen) atoms. The van der Waals surface area contributed by atoms with Gasteiger partial charge in [0.05, 0.1) is 11.4 Å². The molecular formula is C12H23N5. The molecule has 0 amide bonds. The van der Waals surface area contributed by atoms with Crippen LogP contribution in [0.15, 0.2) is 0 Å². The fourth-order valence-electron chi connectivity index (χ4n) is 2.63. The van der Waals surface area contributed by atoms with Crippen molar-refractivity contribution in [2.24, 2.45) is 5.41 Å². The molecule has 0 aromatic carbocycles. The second kappa shape index (κ2) is 4.74. The van der Waals surface area contributed by atoms with Gasteiger partial charge in [0.25, 0.3) is 0 Å². The normalized spacial score (nSPS) is 16.3. The second-order valence-corrected chi connectivity index (χ2v) is 5.97. The van der Waals surface area contributed by atoms with E-state index in [1.165, 1.54) is 5.69 Å². The summed E-state index contributed by atoms with van der Waals surface area (Å²) in [5.74, 6) is 0. The fraction of sp³-hybridized carbons (Fsp3) is 0.833. The molecule has 2 rings (SSSR count). The summed E-state index contributed by atoms with van der Waals surface area (Å²) in [5.41, 5.74) is 2.66. The van der Waals surface area contributed by atoms with E-state index in [1.54, 1.807) is 0 Å². The zero-order valence-corrected chi connectivity index (χ0v) is 11.3. The van der Waals surface area contributed by atoms with Gasteiger partial charge in [0.15, 0.2) is 0 Å². The zero-order valence-electron chi connectivity index (χ0n) is 11.3. The predicted octanol–water partition coefficient (Wildman–Crippen LogP) is 0.512. The third kappa shape index (κ3) is 3.04. The molecule has 1 N–H and O–H groups in total. The Hall–Kier alpha value is -0.940. The molecule has 0 saturated heterocycles. The maximum atomic E-state index is 4.30. The van der Waals surface area contributed by atoms with Crippen molar-refractivity contribution in [1.82, 2.24) is 25.2 Å². The summed E-state index contributed by atoms with van der Waals surface area (Å²) in [4.78, 5) is 2.23. The minimum atomic E-state index is 0.218. The summed E-state index contributed by atoms with van der Waals surface area (Å²) >= 11 is 0. The SMILES string of the molecule is CN(C)CC(C)(C)Cn1nnc2c1CCNC2. The van der Waals surface area contributed by atoms with Crippen molar-refractivity contribution in [1.29, 1.82) is 0 Å². The highest BCUT2D eigenvalue weighted by Crippen LogP contribution is 2.21. The van der Waals surface area contributed by atoms with Crippen LogP contribution in [0.2, 0.25) is 0 Å². The predicted molar refractivity (Wildman–Crippen MR) is 67.8 cm³/mol. The van der Waals surface area contributed by atoms with Crippen LogP contribution in [-0.2, 0) is 19.5 Å². The third-order valence-electron chi connectivity index (χ3n) is 3.07. The maximum absolute atomic E-state index is 4.30. The molecule has 0 unspecified atom stereocenters. The van der Waals surface area contributed by atoms with Crippen molar-refractivity contribution in [3.05, 3.63) is 11.4 Å². The van der Waals surface area contributed by atoms with Crippen LogP contribution < -0.4 is 5.32 Å². The topological polar surface area (TPSA) is 46.0 Å². The first kappa shape index (κ1) is 12.5. The van der Waals surface area contributed by atoms with Gasteiger partial charge in [-0.2, -0.15) is 0 Å². The van der Waals surface area contributed by atoms with E-state index >= 15 is 0 Å². The Kier molecular flexibility index (Phi) is 3.49. The van der Waals surface area contributed by atoms with Gasteiger partial charge < -0.3 is 10.2 Å². The first-order valence-corrected chi connectivity index (χ1v) is 6.25. The average Bonchev–Trinajstić information content (AvgIpc) is 2.59. The van der Waals surface area contributed by atoms with Crippen molar-refractivity contribution in [2.75, 3.05) is 27.2 Å². The molecule has 0 fully saturated rings.